The van der Waals surface area contributed by atoms with E-state index >= 15 is 0 Å². The van der Waals surface area contributed by atoms with E-state index in [1.807, 2.05) is 42.5 Å². The first-order chi connectivity index (χ1) is 15.8. The average molecular weight is 486 g/mol. The average Bonchev–Trinajstić information content (AvgIpc) is 2.83. The summed E-state index contributed by atoms with van der Waals surface area (Å²) in [5, 5.41) is 0.00744. The fourth-order valence-corrected chi connectivity index (χ4v) is 5.27. The predicted octanol–water partition coefficient (Wildman–Crippen LogP) is 5.08. The van der Waals surface area contributed by atoms with Gasteiger partial charge < -0.3 is 4.74 Å². The zero-order valence-electron chi connectivity index (χ0n) is 18.3. The molecule has 33 heavy (non-hydrogen) atoms. The van der Waals surface area contributed by atoms with Gasteiger partial charge in [0.15, 0.2) is 12.4 Å². The molecule has 3 rings (SSSR count). The number of ketones is 1. The van der Waals surface area contributed by atoms with Crippen LogP contribution in [0, 0.1) is 0 Å². The van der Waals surface area contributed by atoms with Gasteiger partial charge in [-0.2, -0.15) is 4.31 Å². The van der Waals surface area contributed by atoms with Crippen LogP contribution in [-0.4, -0.2) is 44.2 Å². The summed E-state index contributed by atoms with van der Waals surface area (Å²) in [5.74, 6) is -1.18. The van der Waals surface area contributed by atoms with Gasteiger partial charge in [0.05, 0.1) is 10.6 Å². The van der Waals surface area contributed by atoms with Gasteiger partial charge in [0.1, 0.15) is 4.90 Å². The van der Waals surface area contributed by atoms with Gasteiger partial charge in [0.25, 0.3) is 0 Å². The van der Waals surface area contributed by atoms with Crippen molar-refractivity contribution in [2.75, 3.05) is 19.7 Å². The molecule has 0 bridgehead atoms. The van der Waals surface area contributed by atoms with Crippen LogP contribution in [0.3, 0.4) is 0 Å². The van der Waals surface area contributed by atoms with Gasteiger partial charge in [-0.1, -0.05) is 80.0 Å². The number of hydrogen-bond acceptors (Lipinski definition) is 5. The largest absolute Gasteiger partial charge is 0.454 e. The van der Waals surface area contributed by atoms with E-state index in [0.29, 0.717) is 5.56 Å². The predicted molar refractivity (Wildman–Crippen MR) is 128 cm³/mol. The molecule has 8 heteroatoms. The maximum absolute atomic E-state index is 12.8. The molecule has 0 heterocycles. The second kappa shape index (κ2) is 10.7. The molecule has 172 valence electrons. The molecular formula is C25H24ClNO5S. The molecule has 0 radical (unpaired) electrons. The molecule has 0 fully saturated rings. The minimum Gasteiger partial charge on any atom is -0.454 e. The van der Waals surface area contributed by atoms with Crippen molar-refractivity contribution in [1.29, 1.82) is 0 Å². The summed E-state index contributed by atoms with van der Waals surface area (Å²) in [7, 11) is -3.86. The Kier molecular flexibility index (Phi) is 8.02. The summed E-state index contributed by atoms with van der Waals surface area (Å²) in [6.45, 7) is 3.49. The lowest BCUT2D eigenvalue weighted by Gasteiger charge is -2.19. The smallest absolute Gasteiger partial charge is 0.338 e. The van der Waals surface area contributed by atoms with Crippen LogP contribution in [0.1, 0.15) is 34.6 Å². The van der Waals surface area contributed by atoms with Crippen LogP contribution in [0.15, 0.2) is 77.7 Å². The van der Waals surface area contributed by atoms with Crippen LogP contribution in [0.25, 0.3) is 11.1 Å². The fourth-order valence-electron chi connectivity index (χ4n) is 3.31. The Bertz CT molecular complexity index is 1240. The second-order valence-electron chi connectivity index (χ2n) is 7.18. The van der Waals surface area contributed by atoms with Crippen LogP contribution in [0.2, 0.25) is 5.02 Å². The first-order valence-electron chi connectivity index (χ1n) is 10.4. The highest BCUT2D eigenvalue weighted by atomic mass is 35.5. The van der Waals surface area contributed by atoms with Crippen LogP contribution in [-0.2, 0) is 14.8 Å². The van der Waals surface area contributed by atoms with Gasteiger partial charge >= 0.3 is 5.97 Å². The number of nitrogens with zero attached hydrogens (tertiary/aromatic N) is 1. The molecule has 3 aromatic carbocycles. The van der Waals surface area contributed by atoms with Crippen molar-refractivity contribution in [3.63, 3.8) is 0 Å². The Morgan fingerprint density at radius 2 is 1.42 bits per heavy atom. The summed E-state index contributed by atoms with van der Waals surface area (Å²) in [6.07, 6.45) is 0. The monoisotopic (exact) mass is 485 g/mol. The number of halogens is 1. The van der Waals surface area contributed by atoms with Crippen molar-refractivity contribution < 1.29 is 22.7 Å². The third kappa shape index (κ3) is 5.68. The Balaban J connectivity index is 1.70. The van der Waals surface area contributed by atoms with E-state index in [9.17, 15) is 18.0 Å². The molecule has 0 spiro atoms. The molecule has 0 aliphatic carbocycles. The molecule has 0 aliphatic heterocycles. The second-order valence-corrected chi connectivity index (χ2v) is 9.49. The van der Waals surface area contributed by atoms with Gasteiger partial charge in [-0.15, -0.1) is 0 Å². The van der Waals surface area contributed by atoms with E-state index in [2.05, 4.69) is 0 Å². The van der Waals surface area contributed by atoms with Gasteiger partial charge in [-0.3, -0.25) is 4.79 Å². The van der Waals surface area contributed by atoms with Crippen molar-refractivity contribution >= 4 is 33.4 Å². The molecule has 0 atom stereocenters. The lowest BCUT2D eigenvalue weighted by atomic mass is 10.0. The van der Waals surface area contributed by atoms with Crippen LogP contribution in [0.5, 0.6) is 0 Å². The molecule has 3 aromatic rings. The number of rotatable bonds is 9. The molecule has 0 aromatic heterocycles. The van der Waals surface area contributed by atoms with Gasteiger partial charge in [0.2, 0.25) is 10.0 Å². The minimum absolute atomic E-state index is 0.00245. The maximum Gasteiger partial charge on any atom is 0.338 e. The first-order valence-corrected chi connectivity index (χ1v) is 12.2. The number of ether oxygens (including phenoxy) is 1. The summed E-state index contributed by atoms with van der Waals surface area (Å²) in [6, 6.07) is 20.6. The van der Waals surface area contributed by atoms with E-state index in [4.69, 9.17) is 16.3 Å². The normalized spacial score (nSPS) is 11.4. The molecule has 0 aliphatic rings. The number of benzene rings is 3. The molecular weight excluding hydrogens is 462 g/mol. The number of hydrogen-bond donors (Lipinski definition) is 0. The maximum atomic E-state index is 12.8. The number of sulfonamides is 1. The zero-order valence-corrected chi connectivity index (χ0v) is 19.9. The van der Waals surface area contributed by atoms with E-state index < -0.39 is 22.6 Å². The molecule has 6 nitrogen and oxygen atoms in total. The van der Waals surface area contributed by atoms with Crippen molar-refractivity contribution in [3.8, 4) is 11.1 Å². The van der Waals surface area contributed by atoms with E-state index in [1.54, 1.807) is 26.0 Å². The number of esters is 1. The molecule has 0 amide bonds. The number of carbonyl (C=O) groups is 2. The Hall–Kier alpha value is -3.00. The topological polar surface area (TPSA) is 80.8 Å². The van der Waals surface area contributed by atoms with E-state index in [-0.39, 0.29) is 34.4 Å². The molecule has 0 saturated carbocycles. The number of carbonyl (C=O) groups excluding carboxylic acids is 2. The quantitative estimate of drug-likeness (QED) is 0.312. The van der Waals surface area contributed by atoms with Crippen LogP contribution >= 0.6 is 11.6 Å². The molecule has 0 N–H and O–H groups in total. The van der Waals surface area contributed by atoms with Gasteiger partial charge in [-0.25, -0.2) is 13.2 Å². The third-order valence-electron chi connectivity index (χ3n) is 5.14. The highest BCUT2D eigenvalue weighted by molar-refractivity contribution is 7.89. The lowest BCUT2D eigenvalue weighted by molar-refractivity contribution is 0.0474. The Morgan fingerprint density at radius 3 is 2.03 bits per heavy atom. The van der Waals surface area contributed by atoms with E-state index in [0.717, 1.165) is 11.1 Å². The number of Topliss-reactive ketones (excluding diaryl/α,β-unsaturated/α-hetero) is 1. The summed E-state index contributed by atoms with van der Waals surface area (Å²) < 4.78 is 32.0. The van der Waals surface area contributed by atoms with Crippen molar-refractivity contribution in [1.82, 2.24) is 4.31 Å². The summed E-state index contributed by atoms with van der Waals surface area (Å²) >= 11 is 6.10. The van der Waals surface area contributed by atoms with Gasteiger partial charge in [0, 0.05) is 18.7 Å². The van der Waals surface area contributed by atoms with Crippen LogP contribution < -0.4 is 0 Å². The Morgan fingerprint density at radius 1 is 0.848 bits per heavy atom. The van der Waals surface area contributed by atoms with E-state index in [1.165, 1.54) is 22.5 Å². The van der Waals surface area contributed by atoms with Crippen molar-refractivity contribution in [3.05, 3.63) is 88.9 Å². The zero-order chi connectivity index (χ0) is 24.0. The summed E-state index contributed by atoms with van der Waals surface area (Å²) in [5.41, 5.74) is 2.40. The van der Waals surface area contributed by atoms with Crippen molar-refractivity contribution in [2.45, 2.75) is 18.7 Å². The highest BCUT2D eigenvalue weighted by Crippen LogP contribution is 2.26. The van der Waals surface area contributed by atoms with Crippen LogP contribution in [0.4, 0.5) is 0 Å². The van der Waals surface area contributed by atoms with Crippen molar-refractivity contribution in [2.24, 2.45) is 0 Å². The standard InChI is InChI=1S/C25H24ClNO5S/c1-3-27(4-2)33(30,31)24-16-21(14-15-22(24)26)25(29)32-17-23(28)20-12-10-19(11-13-20)18-8-6-5-7-9-18/h5-16H,3-4,17H2,1-2H3. The Labute approximate surface area is 198 Å². The SMILES string of the molecule is CCN(CC)S(=O)(=O)c1cc(C(=O)OCC(=O)c2ccc(-c3ccccc3)cc2)ccc1Cl. The summed E-state index contributed by atoms with van der Waals surface area (Å²) in [4.78, 5) is 24.8. The molecule has 0 unspecified atom stereocenters. The minimum atomic E-state index is -3.86. The highest BCUT2D eigenvalue weighted by Gasteiger charge is 2.26. The lowest BCUT2D eigenvalue weighted by Crippen LogP contribution is -2.31. The van der Waals surface area contributed by atoms with Gasteiger partial charge in [-0.05, 0) is 29.3 Å². The third-order valence-corrected chi connectivity index (χ3v) is 7.67. The fraction of sp³-hybridized carbons (Fsp3) is 0.200. The molecule has 0 saturated heterocycles. The first kappa shape index (κ1) is 24.6.